The molecule has 2 N–H and O–H groups in total. The number of phenolic OH excluding ortho intramolecular Hbond substituents is 2. The second kappa shape index (κ2) is 7.14. The molecule has 26 heavy (non-hydrogen) atoms. The Balaban J connectivity index is 1.77. The molecule has 0 aliphatic heterocycles. The Labute approximate surface area is 149 Å². The molecule has 3 aromatic rings. The monoisotopic (exact) mass is 352 g/mol. The minimum absolute atomic E-state index is 0.0483. The molecule has 0 saturated carbocycles. The van der Waals surface area contributed by atoms with Gasteiger partial charge in [-0.05, 0) is 23.8 Å². The van der Waals surface area contributed by atoms with Crippen LogP contribution in [0, 0.1) is 0 Å². The van der Waals surface area contributed by atoms with Crippen molar-refractivity contribution < 1.29 is 29.3 Å². The number of rotatable bonds is 4. The maximum atomic E-state index is 12.3. The van der Waals surface area contributed by atoms with Crippen molar-refractivity contribution >= 4 is 22.7 Å². The van der Waals surface area contributed by atoms with Crippen molar-refractivity contribution in [3.8, 4) is 11.5 Å². The average Bonchev–Trinajstić information content (AvgIpc) is 2.68. The molecule has 0 heterocycles. The Bertz CT molecular complexity index is 976. The molecule has 0 aromatic heterocycles. The molecule has 0 amide bonds. The molecule has 0 fully saturated rings. The van der Waals surface area contributed by atoms with E-state index in [0.717, 1.165) is 0 Å². The highest BCUT2D eigenvalue weighted by molar-refractivity contribution is 6.03. The van der Waals surface area contributed by atoms with E-state index in [4.69, 9.17) is 4.74 Å². The van der Waals surface area contributed by atoms with Crippen LogP contribution in [-0.4, -0.2) is 29.3 Å². The number of hydrogen-bond acceptors (Lipinski definition) is 6. The van der Waals surface area contributed by atoms with Gasteiger partial charge in [0.25, 0.3) is 0 Å². The van der Waals surface area contributed by atoms with E-state index in [0.29, 0.717) is 21.9 Å². The standard InChI is InChI=1S/C20H16O6/c1-25-19(23)13-8-6-12(7-9-13)11-26-20(24)16-10-17(21)14-4-2-3-5-15(14)18(16)22/h2-10,21-22H,11H2,1H3. The van der Waals surface area contributed by atoms with Crippen LogP contribution in [0.25, 0.3) is 10.8 Å². The number of carbonyl (C=O) groups is 2. The molecule has 6 nitrogen and oxygen atoms in total. The van der Waals surface area contributed by atoms with E-state index in [1.165, 1.54) is 13.2 Å². The molecule has 6 heteroatoms. The van der Waals surface area contributed by atoms with Crippen molar-refractivity contribution in [2.45, 2.75) is 6.61 Å². The zero-order valence-electron chi connectivity index (χ0n) is 13.9. The summed E-state index contributed by atoms with van der Waals surface area (Å²) >= 11 is 0. The lowest BCUT2D eigenvalue weighted by Crippen LogP contribution is -2.06. The van der Waals surface area contributed by atoms with Gasteiger partial charge in [-0.25, -0.2) is 9.59 Å². The lowest BCUT2D eigenvalue weighted by Gasteiger charge is -2.10. The molecule has 0 unspecified atom stereocenters. The SMILES string of the molecule is COC(=O)c1ccc(COC(=O)c2cc(O)c3ccccc3c2O)cc1. The minimum atomic E-state index is -0.763. The molecule has 0 aliphatic carbocycles. The van der Waals surface area contributed by atoms with Gasteiger partial charge in [0.15, 0.2) is 0 Å². The molecule has 0 atom stereocenters. The van der Waals surface area contributed by atoms with Gasteiger partial charge in [0.05, 0.1) is 12.7 Å². The number of phenols is 2. The highest BCUT2D eigenvalue weighted by Gasteiger charge is 2.18. The van der Waals surface area contributed by atoms with Crippen LogP contribution in [0.2, 0.25) is 0 Å². The number of hydrogen-bond donors (Lipinski definition) is 2. The summed E-state index contributed by atoms with van der Waals surface area (Å²) in [5, 5.41) is 21.2. The number of carbonyl (C=O) groups excluding carboxylic acids is 2. The van der Waals surface area contributed by atoms with Gasteiger partial charge in [-0.1, -0.05) is 36.4 Å². The zero-order chi connectivity index (χ0) is 18.7. The Hall–Kier alpha value is -3.54. The first kappa shape index (κ1) is 17.3. The van der Waals surface area contributed by atoms with Gasteiger partial charge >= 0.3 is 11.9 Å². The highest BCUT2D eigenvalue weighted by atomic mass is 16.5. The van der Waals surface area contributed by atoms with Gasteiger partial charge in [0, 0.05) is 10.8 Å². The van der Waals surface area contributed by atoms with Gasteiger partial charge in [-0.2, -0.15) is 0 Å². The number of ether oxygens (including phenoxy) is 2. The summed E-state index contributed by atoms with van der Waals surface area (Å²) in [6.07, 6.45) is 0. The first-order chi connectivity index (χ1) is 12.5. The average molecular weight is 352 g/mol. The molecule has 0 saturated heterocycles. The maximum Gasteiger partial charge on any atom is 0.342 e. The fraction of sp³-hybridized carbons (Fsp3) is 0.100. The van der Waals surface area contributed by atoms with Gasteiger partial charge in [-0.3, -0.25) is 0 Å². The van der Waals surface area contributed by atoms with Crippen LogP contribution in [0.3, 0.4) is 0 Å². The summed E-state index contributed by atoms with van der Waals surface area (Å²) in [5.41, 5.74) is 0.933. The summed E-state index contributed by atoms with van der Waals surface area (Å²) in [5.74, 6) is -1.58. The first-order valence-corrected chi connectivity index (χ1v) is 7.79. The second-order valence-electron chi connectivity index (χ2n) is 5.60. The van der Waals surface area contributed by atoms with E-state index in [1.807, 2.05) is 0 Å². The second-order valence-corrected chi connectivity index (χ2v) is 5.60. The summed E-state index contributed by atoms with van der Waals surface area (Å²) in [7, 11) is 1.30. The van der Waals surface area contributed by atoms with Crippen molar-refractivity contribution in [3.05, 3.63) is 71.3 Å². The lowest BCUT2D eigenvalue weighted by molar-refractivity contribution is 0.0468. The van der Waals surface area contributed by atoms with E-state index in [1.54, 1.807) is 48.5 Å². The van der Waals surface area contributed by atoms with Crippen LogP contribution in [0.15, 0.2) is 54.6 Å². The number of fused-ring (bicyclic) bond motifs is 1. The summed E-state index contributed by atoms with van der Waals surface area (Å²) in [6, 6.07) is 14.2. The highest BCUT2D eigenvalue weighted by Crippen LogP contribution is 2.35. The number of methoxy groups -OCH3 is 1. The molecular formula is C20H16O6. The molecule has 0 spiro atoms. The normalized spacial score (nSPS) is 10.5. The quantitative estimate of drug-likeness (QED) is 0.552. The van der Waals surface area contributed by atoms with Crippen molar-refractivity contribution in [2.75, 3.05) is 7.11 Å². The van der Waals surface area contributed by atoms with Crippen molar-refractivity contribution in [1.29, 1.82) is 0 Å². The summed E-state index contributed by atoms with van der Waals surface area (Å²) in [4.78, 5) is 23.7. The Kier molecular flexibility index (Phi) is 4.75. The van der Waals surface area contributed by atoms with Gasteiger partial charge in [0.1, 0.15) is 23.7 Å². The summed E-state index contributed by atoms with van der Waals surface area (Å²) < 4.78 is 9.82. The fourth-order valence-electron chi connectivity index (χ4n) is 2.58. The molecule has 3 aromatic carbocycles. The van der Waals surface area contributed by atoms with Crippen molar-refractivity contribution in [1.82, 2.24) is 0 Å². The third-order valence-corrected chi connectivity index (χ3v) is 3.96. The van der Waals surface area contributed by atoms with Crippen LogP contribution in [0.5, 0.6) is 11.5 Å². The molecule has 132 valence electrons. The predicted octanol–water partition coefficient (Wildman–Crippen LogP) is 3.39. The zero-order valence-corrected chi connectivity index (χ0v) is 13.9. The first-order valence-electron chi connectivity index (χ1n) is 7.79. The number of esters is 2. The summed E-state index contributed by atoms with van der Waals surface area (Å²) in [6.45, 7) is -0.0483. The van der Waals surface area contributed by atoms with Crippen molar-refractivity contribution in [2.24, 2.45) is 0 Å². The fourth-order valence-corrected chi connectivity index (χ4v) is 2.58. The van der Waals surface area contributed by atoms with Gasteiger partial charge in [-0.15, -0.1) is 0 Å². The minimum Gasteiger partial charge on any atom is -0.507 e. The van der Waals surface area contributed by atoms with Gasteiger partial charge in [0.2, 0.25) is 0 Å². The van der Waals surface area contributed by atoms with Crippen LogP contribution in [-0.2, 0) is 16.1 Å². The van der Waals surface area contributed by atoms with Crippen LogP contribution in [0.4, 0.5) is 0 Å². The largest absolute Gasteiger partial charge is 0.507 e. The Morgan fingerprint density at radius 1 is 0.923 bits per heavy atom. The lowest BCUT2D eigenvalue weighted by atomic mass is 10.0. The molecule has 0 bridgehead atoms. The third-order valence-electron chi connectivity index (χ3n) is 3.96. The number of aromatic hydroxyl groups is 2. The predicted molar refractivity (Wildman–Crippen MR) is 94.2 cm³/mol. The van der Waals surface area contributed by atoms with Crippen LogP contribution in [0.1, 0.15) is 26.3 Å². The third kappa shape index (κ3) is 3.30. The number of benzene rings is 3. The smallest absolute Gasteiger partial charge is 0.342 e. The van der Waals surface area contributed by atoms with Gasteiger partial charge < -0.3 is 19.7 Å². The van der Waals surface area contributed by atoms with E-state index in [9.17, 15) is 19.8 Å². The molecule has 0 aliphatic rings. The molecular weight excluding hydrogens is 336 g/mol. The molecule has 3 rings (SSSR count). The Morgan fingerprint density at radius 2 is 1.58 bits per heavy atom. The van der Waals surface area contributed by atoms with E-state index in [2.05, 4.69) is 4.74 Å². The van der Waals surface area contributed by atoms with E-state index < -0.39 is 11.9 Å². The van der Waals surface area contributed by atoms with E-state index >= 15 is 0 Å². The molecule has 0 radical (unpaired) electrons. The Morgan fingerprint density at radius 3 is 2.23 bits per heavy atom. The topological polar surface area (TPSA) is 93.1 Å². The maximum absolute atomic E-state index is 12.3. The van der Waals surface area contributed by atoms with E-state index in [-0.39, 0.29) is 23.7 Å². The van der Waals surface area contributed by atoms with Crippen LogP contribution < -0.4 is 0 Å². The van der Waals surface area contributed by atoms with Crippen LogP contribution >= 0.6 is 0 Å². The van der Waals surface area contributed by atoms with Crippen molar-refractivity contribution in [3.63, 3.8) is 0 Å².